The van der Waals surface area contributed by atoms with E-state index in [1.165, 1.54) is 0 Å². The molecule has 1 rings (SSSR count). The van der Waals surface area contributed by atoms with Crippen molar-refractivity contribution in [1.29, 1.82) is 0 Å². The monoisotopic (exact) mass is 291 g/mol. The maximum absolute atomic E-state index is 10.3. The molecular weight excluding hydrogens is 281 g/mol. The molecule has 82 valence electrons. The lowest BCUT2D eigenvalue weighted by Crippen LogP contribution is -2.05. The number of carbonyl (C=O) groups is 1. The van der Waals surface area contributed by atoms with Crippen LogP contribution in [0.15, 0.2) is 22.7 Å². The van der Waals surface area contributed by atoms with E-state index in [0.717, 1.165) is 10.2 Å². The summed E-state index contributed by atoms with van der Waals surface area (Å²) in [5, 5.41) is 12.2. The lowest BCUT2D eigenvalue weighted by molar-refractivity contribution is -0.137. The molecule has 0 aliphatic rings. The van der Waals surface area contributed by atoms with E-state index in [0.29, 0.717) is 18.0 Å². The number of anilines is 1. The molecule has 0 fully saturated rings. The first-order chi connectivity index (χ1) is 7.09. The highest BCUT2D eigenvalue weighted by atomic mass is 79.9. The first-order valence-corrected chi connectivity index (χ1v) is 5.67. The third-order valence-electron chi connectivity index (χ3n) is 1.81. The van der Waals surface area contributed by atoms with Crippen LogP contribution in [0.25, 0.3) is 0 Å². The molecule has 15 heavy (non-hydrogen) atoms. The van der Waals surface area contributed by atoms with Crippen molar-refractivity contribution in [2.45, 2.75) is 12.8 Å². The van der Waals surface area contributed by atoms with Crippen molar-refractivity contribution in [1.82, 2.24) is 0 Å². The molecule has 1 aromatic carbocycles. The summed E-state index contributed by atoms with van der Waals surface area (Å²) in [5.74, 6) is -0.771. The Morgan fingerprint density at radius 1 is 1.53 bits per heavy atom. The van der Waals surface area contributed by atoms with Crippen LogP contribution < -0.4 is 5.32 Å². The van der Waals surface area contributed by atoms with Crippen LogP contribution in [0.2, 0.25) is 5.02 Å². The Morgan fingerprint density at radius 2 is 2.27 bits per heavy atom. The number of benzene rings is 1. The molecule has 5 heteroatoms. The predicted molar refractivity (Wildman–Crippen MR) is 64.5 cm³/mol. The molecule has 0 heterocycles. The molecule has 0 aliphatic carbocycles. The van der Waals surface area contributed by atoms with Crippen molar-refractivity contribution < 1.29 is 9.90 Å². The fraction of sp³-hybridized carbons (Fsp3) is 0.300. The molecule has 0 atom stereocenters. The van der Waals surface area contributed by atoms with E-state index in [1.807, 2.05) is 6.07 Å². The molecule has 2 N–H and O–H groups in total. The third kappa shape index (κ3) is 4.53. The van der Waals surface area contributed by atoms with E-state index in [1.54, 1.807) is 12.1 Å². The van der Waals surface area contributed by atoms with Crippen LogP contribution in [0, 0.1) is 0 Å². The number of nitrogens with one attached hydrogen (secondary N) is 1. The molecule has 1 aromatic rings. The quantitative estimate of drug-likeness (QED) is 0.818. The second kappa shape index (κ2) is 5.98. The summed E-state index contributed by atoms with van der Waals surface area (Å²) in [6.07, 6.45) is 0.780. The number of carboxylic acid groups (broad SMARTS) is 1. The average molecular weight is 293 g/mol. The SMILES string of the molecule is O=C(O)CCCNc1ccc(Cl)cc1Br. The van der Waals surface area contributed by atoms with Gasteiger partial charge in [-0.1, -0.05) is 11.6 Å². The van der Waals surface area contributed by atoms with Gasteiger partial charge in [-0.05, 0) is 40.5 Å². The van der Waals surface area contributed by atoms with Gasteiger partial charge in [0, 0.05) is 28.1 Å². The maximum atomic E-state index is 10.3. The van der Waals surface area contributed by atoms with Crippen molar-refractivity contribution >= 4 is 39.2 Å². The molecule has 0 spiro atoms. The first kappa shape index (κ1) is 12.3. The molecule has 0 bridgehead atoms. The van der Waals surface area contributed by atoms with Gasteiger partial charge in [0.05, 0.1) is 0 Å². The lowest BCUT2D eigenvalue weighted by Gasteiger charge is -2.07. The number of hydrogen-bond acceptors (Lipinski definition) is 2. The minimum Gasteiger partial charge on any atom is -0.481 e. The van der Waals surface area contributed by atoms with Gasteiger partial charge in [0.15, 0.2) is 0 Å². The van der Waals surface area contributed by atoms with E-state index >= 15 is 0 Å². The van der Waals surface area contributed by atoms with Crippen molar-refractivity contribution in [3.05, 3.63) is 27.7 Å². The Morgan fingerprint density at radius 3 is 2.87 bits per heavy atom. The molecule has 0 aliphatic heterocycles. The fourth-order valence-electron chi connectivity index (χ4n) is 1.10. The van der Waals surface area contributed by atoms with Crippen molar-refractivity contribution in [2.24, 2.45) is 0 Å². The average Bonchev–Trinajstić information content (AvgIpc) is 2.14. The molecule has 0 radical (unpaired) electrons. The van der Waals surface area contributed by atoms with Crippen LogP contribution in [0.1, 0.15) is 12.8 Å². The molecular formula is C10H11BrClNO2. The molecule has 0 aromatic heterocycles. The highest BCUT2D eigenvalue weighted by molar-refractivity contribution is 9.10. The van der Waals surface area contributed by atoms with E-state index < -0.39 is 5.97 Å². The number of halogens is 2. The summed E-state index contributed by atoms with van der Waals surface area (Å²) in [6, 6.07) is 5.43. The Labute approximate surface area is 102 Å². The molecule has 0 saturated carbocycles. The van der Waals surface area contributed by atoms with Gasteiger partial charge in [-0.2, -0.15) is 0 Å². The number of rotatable bonds is 5. The zero-order valence-corrected chi connectivity index (χ0v) is 10.3. The summed E-state index contributed by atoms with van der Waals surface area (Å²) < 4.78 is 0.880. The highest BCUT2D eigenvalue weighted by Crippen LogP contribution is 2.25. The largest absolute Gasteiger partial charge is 0.481 e. The molecule has 0 saturated heterocycles. The lowest BCUT2D eigenvalue weighted by atomic mass is 10.3. The molecule has 0 unspecified atom stereocenters. The topological polar surface area (TPSA) is 49.3 Å². The van der Waals surface area contributed by atoms with Gasteiger partial charge >= 0.3 is 5.97 Å². The first-order valence-electron chi connectivity index (χ1n) is 4.50. The Balaban J connectivity index is 2.40. The van der Waals surface area contributed by atoms with Crippen LogP contribution in [-0.4, -0.2) is 17.6 Å². The van der Waals surface area contributed by atoms with Gasteiger partial charge < -0.3 is 10.4 Å². The van der Waals surface area contributed by atoms with E-state index in [4.69, 9.17) is 16.7 Å². The second-order valence-electron chi connectivity index (χ2n) is 3.05. The van der Waals surface area contributed by atoms with Crippen LogP contribution in [0.5, 0.6) is 0 Å². The third-order valence-corrected chi connectivity index (χ3v) is 2.71. The summed E-state index contributed by atoms with van der Waals surface area (Å²) in [5.41, 5.74) is 0.921. The van der Waals surface area contributed by atoms with Gasteiger partial charge in [-0.3, -0.25) is 4.79 Å². The maximum Gasteiger partial charge on any atom is 0.303 e. The van der Waals surface area contributed by atoms with E-state index in [2.05, 4.69) is 21.2 Å². The van der Waals surface area contributed by atoms with Crippen molar-refractivity contribution in [2.75, 3.05) is 11.9 Å². The summed E-state index contributed by atoms with van der Waals surface area (Å²) >= 11 is 9.15. The normalized spacial score (nSPS) is 10.0. The Hall–Kier alpha value is -0.740. The number of hydrogen-bond donors (Lipinski definition) is 2. The van der Waals surface area contributed by atoms with Gasteiger partial charge in [0.25, 0.3) is 0 Å². The van der Waals surface area contributed by atoms with Crippen LogP contribution in [0.4, 0.5) is 5.69 Å². The fourth-order valence-corrected chi connectivity index (χ4v) is 1.92. The van der Waals surface area contributed by atoms with E-state index in [9.17, 15) is 4.79 Å². The van der Waals surface area contributed by atoms with Gasteiger partial charge in [0.2, 0.25) is 0 Å². The second-order valence-corrected chi connectivity index (χ2v) is 4.34. The van der Waals surface area contributed by atoms with Crippen LogP contribution in [0.3, 0.4) is 0 Å². The van der Waals surface area contributed by atoms with E-state index in [-0.39, 0.29) is 6.42 Å². The Kier molecular flexibility index (Phi) is 4.91. The number of aliphatic carboxylic acids is 1. The van der Waals surface area contributed by atoms with Gasteiger partial charge in [-0.15, -0.1) is 0 Å². The van der Waals surface area contributed by atoms with Crippen LogP contribution >= 0.6 is 27.5 Å². The highest BCUT2D eigenvalue weighted by Gasteiger charge is 2.00. The Bertz CT molecular complexity index is 357. The van der Waals surface area contributed by atoms with Crippen LogP contribution in [-0.2, 0) is 4.79 Å². The zero-order chi connectivity index (χ0) is 11.3. The summed E-state index contributed by atoms with van der Waals surface area (Å²) in [4.78, 5) is 10.3. The zero-order valence-electron chi connectivity index (χ0n) is 7.96. The minimum absolute atomic E-state index is 0.179. The van der Waals surface area contributed by atoms with Crippen molar-refractivity contribution in [3.63, 3.8) is 0 Å². The summed E-state index contributed by atoms with van der Waals surface area (Å²) in [7, 11) is 0. The molecule has 3 nitrogen and oxygen atoms in total. The number of carboxylic acids is 1. The predicted octanol–water partition coefficient (Wildman–Crippen LogP) is 3.38. The minimum atomic E-state index is -0.771. The van der Waals surface area contributed by atoms with Gasteiger partial charge in [0.1, 0.15) is 0 Å². The van der Waals surface area contributed by atoms with Crippen molar-refractivity contribution in [3.8, 4) is 0 Å². The van der Waals surface area contributed by atoms with Gasteiger partial charge in [-0.25, -0.2) is 0 Å². The summed E-state index contributed by atoms with van der Waals surface area (Å²) in [6.45, 7) is 0.631. The standard InChI is InChI=1S/C10H11BrClNO2/c11-8-6-7(12)3-4-9(8)13-5-1-2-10(14)15/h3-4,6,13H,1-2,5H2,(H,14,15). The molecule has 0 amide bonds. The smallest absolute Gasteiger partial charge is 0.303 e.